The Bertz CT molecular complexity index is 682. The molecule has 2 rings (SSSR count). The van der Waals surface area contributed by atoms with Crippen LogP contribution in [0.5, 0.6) is 5.88 Å². The van der Waals surface area contributed by atoms with Crippen LogP contribution in [0.1, 0.15) is 39.7 Å². The highest BCUT2D eigenvalue weighted by Gasteiger charge is 2.10. The summed E-state index contributed by atoms with van der Waals surface area (Å²) in [5.74, 6) is -0.824. The summed E-state index contributed by atoms with van der Waals surface area (Å²) in [6.45, 7) is 4.17. The first-order chi connectivity index (χ1) is 11.0. The number of ether oxygens (including phenoxy) is 1. The van der Waals surface area contributed by atoms with Crippen LogP contribution >= 0.6 is 11.3 Å². The van der Waals surface area contributed by atoms with Crippen molar-refractivity contribution in [1.82, 2.24) is 15.3 Å². The average molecular weight is 335 g/mol. The minimum Gasteiger partial charge on any atom is -0.476 e. The number of carboxylic acid groups (broad SMARTS) is 1. The zero-order chi connectivity index (χ0) is 16.8. The first kappa shape index (κ1) is 16.9. The molecule has 2 aromatic rings. The smallest absolute Gasteiger partial charge is 0.355 e. The molecule has 0 fully saturated rings. The highest BCUT2D eigenvalue weighted by Crippen LogP contribution is 2.11. The quantitative estimate of drug-likeness (QED) is 0.802. The van der Waals surface area contributed by atoms with E-state index in [0.29, 0.717) is 29.4 Å². The number of aromatic carboxylic acids is 1. The van der Waals surface area contributed by atoms with E-state index in [4.69, 9.17) is 9.84 Å². The Morgan fingerprint density at radius 3 is 2.74 bits per heavy atom. The summed E-state index contributed by atoms with van der Waals surface area (Å²) in [5, 5.41) is 13.7. The zero-order valence-corrected chi connectivity index (χ0v) is 13.6. The van der Waals surface area contributed by atoms with E-state index in [1.165, 1.54) is 22.9 Å². The maximum absolute atomic E-state index is 12.0. The molecule has 7 nitrogen and oxygen atoms in total. The lowest BCUT2D eigenvalue weighted by Crippen LogP contribution is -2.25. The van der Waals surface area contributed by atoms with Crippen LogP contribution in [0, 0.1) is 0 Å². The number of thiazole rings is 1. The molecule has 0 aliphatic carbocycles. The number of carbonyl (C=O) groups excluding carboxylic acids is 1. The maximum Gasteiger partial charge on any atom is 0.355 e. The maximum atomic E-state index is 12.0. The highest BCUT2D eigenvalue weighted by atomic mass is 32.1. The third kappa shape index (κ3) is 5.03. The number of carbonyl (C=O) groups is 2. The summed E-state index contributed by atoms with van der Waals surface area (Å²) in [4.78, 5) is 30.7. The molecule has 8 heteroatoms. The number of carboxylic acids is 1. The van der Waals surface area contributed by atoms with Crippen LogP contribution < -0.4 is 10.1 Å². The Morgan fingerprint density at radius 1 is 1.39 bits per heavy atom. The molecule has 23 heavy (non-hydrogen) atoms. The third-order valence-corrected chi connectivity index (χ3v) is 3.66. The summed E-state index contributed by atoms with van der Waals surface area (Å²) in [7, 11) is 0. The highest BCUT2D eigenvalue weighted by molar-refractivity contribution is 7.09. The lowest BCUT2D eigenvalue weighted by Gasteiger charge is -2.09. The lowest BCUT2D eigenvalue weighted by molar-refractivity contribution is 0.0690. The van der Waals surface area contributed by atoms with Gasteiger partial charge in [-0.1, -0.05) is 0 Å². The predicted octanol–water partition coefficient (Wildman–Crippen LogP) is 2.00. The molecule has 0 atom stereocenters. The predicted molar refractivity (Wildman–Crippen MR) is 85.1 cm³/mol. The van der Waals surface area contributed by atoms with Gasteiger partial charge in [0, 0.05) is 30.6 Å². The second kappa shape index (κ2) is 7.68. The summed E-state index contributed by atoms with van der Waals surface area (Å²) in [6.07, 6.45) is 1.96. The molecule has 0 saturated carbocycles. The molecule has 0 radical (unpaired) electrons. The van der Waals surface area contributed by atoms with Gasteiger partial charge >= 0.3 is 5.97 Å². The van der Waals surface area contributed by atoms with Gasteiger partial charge < -0.3 is 15.2 Å². The second-order valence-electron chi connectivity index (χ2n) is 4.99. The molecule has 0 unspecified atom stereocenters. The van der Waals surface area contributed by atoms with Gasteiger partial charge in [0.05, 0.1) is 16.7 Å². The SMILES string of the molecule is CC(C)Oc1ccc(C(=O)NCCc2nc(C(=O)O)cs2)cn1. The Kier molecular flexibility index (Phi) is 5.64. The van der Waals surface area contributed by atoms with Crippen molar-refractivity contribution in [3.8, 4) is 5.88 Å². The minimum absolute atomic E-state index is 0.0242. The van der Waals surface area contributed by atoms with E-state index in [2.05, 4.69) is 15.3 Å². The van der Waals surface area contributed by atoms with Crippen LogP contribution in [-0.4, -0.2) is 39.6 Å². The molecule has 2 aromatic heterocycles. The van der Waals surface area contributed by atoms with E-state index in [1.54, 1.807) is 12.1 Å². The number of nitrogens with one attached hydrogen (secondary N) is 1. The van der Waals surface area contributed by atoms with Crippen LogP contribution in [-0.2, 0) is 6.42 Å². The van der Waals surface area contributed by atoms with Gasteiger partial charge in [0.1, 0.15) is 0 Å². The van der Waals surface area contributed by atoms with Crippen LogP contribution in [0.4, 0.5) is 0 Å². The molecule has 0 saturated heterocycles. The molecule has 0 spiro atoms. The Hall–Kier alpha value is -2.48. The van der Waals surface area contributed by atoms with Crippen molar-refractivity contribution in [2.24, 2.45) is 0 Å². The van der Waals surface area contributed by atoms with E-state index >= 15 is 0 Å². The number of rotatable bonds is 7. The molecule has 1 amide bonds. The van der Waals surface area contributed by atoms with E-state index < -0.39 is 5.97 Å². The molecule has 122 valence electrons. The van der Waals surface area contributed by atoms with E-state index in [9.17, 15) is 9.59 Å². The third-order valence-electron chi connectivity index (χ3n) is 2.75. The number of hydrogen-bond acceptors (Lipinski definition) is 6. The number of nitrogens with zero attached hydrogens (tertiary/aromatic N) is 2. The average Bonchev–Trinajstić information content (AvgIpc) is 2.96. The first-order valence-electron chi connectivity index (χ1n) is 7.04. The van der Waals surface area contributed by atoms with E-state index in [0.717, 1.165) is 0 Å². The van der Waals surface area contributed by atoms with Crippen molar-refractivity contribution in [2.75, 3.05) is 6.54 Å². The van der Waals surface area contributed by atoms with Crippen molar-refractivity contribution in [1.29, 1.82) is 0 Å². The van der Waals surface area contributed by atoms with Crippen LogP contribution in [0.15, 0.2) is 23.7 Å². The Balaban J connectivity index is 1.83. The molecule has 0 aliphatic rings. The second-order valence-corrected chi connectivity index (χ2v) is 5.93. The standard InChI is InChI=1S/C15H17N3O4S/c1-9(2)22-12-4-3-10(7-17-12)14(19)16-6-5-13-18-11(8-23-13)15(20)21/h3-4,7-9H,5-6H2,1-2H3,(H,16,19)(H,20,21). The molecular formula is C15H17N3O4S. The van der Waals surface area contributed by atoms with Gasteiger partial charge in [0.25, 0.3) is 5.91 Å². The molecule has 0 aromatic carbocycles. The molecule has 0 bridgehead atoms. The van der Waals surface area contributed by atoms with Gasteiger partial charge in [-0.25, -0.2) is 14.8 Å². The largest absolute Gasteiger partial charge is 0.476 e. The van der Waals surface area contributed by atoms with Crippen LogP contribution in [0.2, 0.25) is 0 Å². The van der Waals surface area contributed by atoms with Gasteiger partial charge in [-0.15, -0.1) is 11.3 Å². The van der Waals surface area contributed by atoms with Crippen molar-refractivity contribution in [3.63, 3.8) is 0 Å². The number of hydrogen-bond donors (Lipinski definition) is 2. The fourth-order valence-corrected chi connectivity index (χ4v) is 2.51. The molecule has 0 aliphatic heterocycles. The van der Waals surface area contributed by atoms with Crippen LogP contribution in [0.25, 0.3) is 0 Å². The normalized spacial score (nSPS) is 10.6. The minimum atomic E-state index is -1.05. The van der Waals surface area contributed by atoms with Crippen molar-refractivity contribution in [3.05, 3.63) is 40.0 Å². The van der Waals surface area contributed by atoms with E-state index in [1.807, 2.05) is 13.8 Å². The number of amides is 1. The van der Waals surface area contributed by atoms with Gasteiger partial charge in [0.2, 0.25) is 5.88 Å². The summed E-state index contributed by atoms with van der Waals surface area (Å²) in [6, 6.07) is 3.29. The summed E-state index contributed by atoms with van der Waals surface area (Å²) < 4.78 is 5.41. The fourth-order valence-electron chi connectivity index (χ4n) is 1.73. The monoisotopic (exact) mass is 335 g/mol. The van der Waals surface area contributed by atoms with E-state index in [-0.39, 0.29) is 17.7 Å². The first-order valence-corrected chi connectivity index (χ1v) is 7.92. The number of aromatic nitrogens is 2. The topological polar surface area (TPSA) is 101 Å². The van der Waals surface area contributed by atoms with Crippen molar-refractivity contribution in [2.45, 2.75) is 26.4 Å². The Labute approximate surface area is 137 Å². The fraction of sp³-hybridized carbons (Fsp3) is 0.333. The molecule has 2 N–H and O–H groups in total. The zero-order valence-electron chi connectivity index (χ0n) is 12.8. The van der Waals surface area contributed by atoms with Gasteiger partial charge in [0.15, 0.2) is 5.69 Å². The van der Waals surface area contributed by atoms with Crippen molar-refractivity contribution < 1.29 is 19.4 Å². The van der Waals surface area contributed by atoms with Gasteiger partial charge in [-0.05, 0) is 19.9 Å². The lowest BCUT2D eigenvalue weighted by atomic mass is 10.2. The van der Waals surface area contributed by atoms with Crippen molar-refractivity contribution >= 4 is 23.2 Å². The van der Waals surface area contributed by atoms with Gasteiger partial charge in [-0.2, -0.15) is 0 Å². The summed E-state index contributed by atoms with van der Waals surface area (Å²) in [5.41, 5.74) is 0.465. The summed E-state index contributed by atoms with van der Waals surface area (Å²) >= 11 is 1.26. The van der Waals surface area contributed by atoms with Crippen LogP contribution in [0.3, 0.4) is 0 Å². The molecular weight excluding hydrogens is 318 g/mol. The van der Waals surface area contributed by atoms with Gasteiger partial charge in [-0.3, -0.25) is 4.79 Å². The number of pyridine rings is 1. The molecule has 2 heterocycles. The Morgan fingerprint density at radius 2 is 2.17 bits per heavy atom.